The van der Waals surface area contributed by atoms with Gasteiger partial charge in [0.25, 0.3) is 0 Å². The monoisotopic (exact) mass is 564 g/mol. The van der Waals surface area contributed by atoms with Gasteiger partial charge >= 0.3 is 18.6 Å². The van der Waals surface area contributed by atoms with E-state index in [-0.39, 0.29) is 42.9 Å². The van der Waals surface area contributed by atoms with Crippen molar-refractivity contribution in [1.29, 1.82) is 0 Å². The molecule has 3 rings (SSSR count). The summed E-state index contributed by atoms with van der Waals surface area (Å²) < 4.78 is 153. The summed E-state index contributed by atoms with van der Waals surface area (Å²) >= 11 is 0. The minimum absolute atomic E-state index is 0.00439. The highest BCUT2D eigenvalue weighted by molar-refractivity contribution is 5.33. The smallest absolute Gasteiger partial charge is 0.429 e. The number of halogens is 10. The lowest BCUT2D eigenvalue weighted by Gasteiger charge is -2.30. The summed E-state index contributed by atoms with van der Waals surface area (Å²) in [7, 11) is 0. The second kappa shape index (κ2) is 11.7. The van der Waals surface area contributed by atoms with Gasteiger partial charge in [-0.1, -0.05) is 26.2 Å². The Hall–Kier alpha value is -2.58. The lowest BCUT2D eigenvalue weighted by molar-refractivity contribution is -0.432. The topological polar surface area (TPSA) is 36.9 Å². The van der Waals surface area contributed by atoms with Crippen molar-refractivity contribution in [2.75, 3.05) is 13.2 Å². The summed E-state index contributed by atoms with van der Waals surface area (Å²) in [5.41, 5.74) is -4.05. The Balaban J connectivity index is 1.74. The van der Waals surface area contributed by atoms with Gasteiger partial charge in [-0.05, 0) is 30.7 Å². The molecular formula is C24H22F10O4. The van der Waals surface area contributed by atoms with Gasteiger partial charge in [-0.3, -0.25) is 0 Å². The van der Waals surface area contributed by atoms with Crippen LogP contribution < -0.4 is 4.74 Å². The van der Waals surface area contributed by atoms with Gasteiger partial charge < -0.3 is 14.2 Å². The normalized spacial score (nSPS) is 19.0. The largest absolute Gasteiger partial charge is 0.527 e. The van der Waals surface area contributed by atoms with Gasteiger partial charge in [-0.15, -0.1) is 13.2 Å². The van der Waals surface area contributed by atoms with Crippen LogP contribution in [0.15, 0.2) is 30.3 Å². The highest BCUT2D eigenvalue weighted by Crippen LogP contribution is 2.41. The lowest BCUT2D eigenvalue weighted by atomic mass is 10.0. The zero-order valence-corrected chi connectivity index (χ0v) is 19.7. The summed E-state index contributed by atoms with van der Waals surface area (Å²) in [6.45, 7) is 2.50. The van der Waals surface area contributed by atoms with E-state index in [1.165, 1.54) is 0 Å². The molecule has 0 amide bonds. The first-order chi connectivity index (χ1) is 17.6. The molecule has 1 saturated heterocycles. The molecule has 0 bridgehead atoms. The summed E-state index contributed by atoms with van der Waals surface area (Å²) in [6, 6.07) is 1.22. The van der Waals surface area contributed by atoms with E-state index < -0.39 is 59.2 Å². The van der Waals surface area contributed by atoms with Crippen LogP contribution in [0, 0.1) is 23.4 Å². The predicted octanol–water partition coefficient (Wildman–Crippen LogP) is 8.06. The van der Waals surface area contributed by atoms with Crippen molar-refractivity contribution in [2.45, 2.75) is 57.5 Å². The molecule has 1 heterocycles. The maximum atomic E-state index is 14.6. The molecule has 1 aliphatic heterocycles. The van der Waals surface area contributed by atoms with Crippen molar-refractivity contribution in [2.24, 2.45) is 5.92 Å². The standard InChI is InChI=1S/C24H22F10O4/c1-2-3-4-5-13-11-35-21(36-12-13)14-8-18(26)20(19(27)9-14)23(30,31)37-15-6-7-16(17(25)10-15)22(28,29)38-24(32,33)34/h6-10,13,21H,2-5,11-12H2,1H3. The highest BCUT2D eigenvalue weighted by atomic mass is 19.4. The van der Waals surface area contributed by atoms with Crippen LogP contribution in [0.2, 0.25) is 0 Å². The Kier molecular flexibility index (Phi) is 9.20. The Bertz CT molecular complexity index is 1080. The molecule has 0 saturated carbocycles. The molecule has 1 aliphatic rings. The van der Waals surface area contributed by atoms with Crippen molar-refractivity contribution in [3.63, 3.8) is 0 Å². The van der Waals surface area contributed by atoms with E-state index in [1.54, 1.807) is 0 Å². The number of hydrogen-bond donors (Lipinski definition) is 0. The van der Waals surface area contributed by atoms with Gasteiger partial charge in [0.15, 0.2) is 6.29 Å². The molecule has 0 atom stereocenters. The van der Waals surface area contributed by atoms with Crippen LogP contribution in [0.25, 0.3) is 0 Å². The molecule has 14 heteroatoms. The number of ether oxygens (including phenoxy) is 4. The molecule has 0 unspecified atom stereocenters. The summed E-state index contributed by atoms with van der Waals surface area (Å²) in [5, 5.41) is 0. The first-order valence-electron chi connectivity index (χ1n) is 11.4. The van der Waals surface area contributed by atoms with Crippen LogP contribution in [0.4, 0.5) is 43.9 Å². The van der Waals surface area contributed by atoms with Crippen LogP contribution in [0.3, 0.4) is 0 Å². The van der Waals surface area contributed by atoms with Gasteiger partial charge in [0, 0.05) is 17.5 Å². The van der Waals surface area contributed by atoms with Gasteiger partial charge in [-0.2, -0.15) is 17.6 Å². The minimum atomic E-state index is -5.84. The number of alkyl halides is 7. The number of unbranched alkanes of at least 4 members (excludes halogenated alkanes) is 2. The maximum absolute atomic E-state index is 14.6. The third kappa shape index (κ3) is 7.50. The molecule has 1 fully saturated rings. The van der Waals surface area contributed by atoms with Crippen molar-refractivity contribution < 1.29 is 62.9 Å². The Morgan fingerprint density at radius 3 is 1.95 bits per heavy atom. The van der Waals surface area contributed by atoms with E-state index in [4.69, 9.17) is 9.47 Å². The Labute approximate surface area is 210 Å². The Morgan fingerprint density at radius 2 is 1.42 bits per heavy atom. The average molecular weight is 564 g/mol. The van der Waals surface area contributed by atoms with Crippen LogP contribution in [-0.4, -0.2) is 19.6 Å². The molecule has 0 N–H and O–H groups in total. The summed E-state index contributed by atoms with van der Waals surface area (Å²) in [4.78, 5) is 0. The van der Waals surface area contributed by atoms with Crippen molar-refractivity contribution >= 4 is 0 Å². The second-order valence-corrected chi connectivity index (χ2v) is 8.55. The zero-order chi connectivity index (χ0) is 28.3. The fourth-order valence-electron chi connectivity index (χ4n) is 3.79. The van der Waals surface area contributed by atoms with Gasteiger partial charge in [-0.25, -0.2) is 17.9 Å². The van der Waals surface area contributed by atoms with Crippen molar-refractivity contribution in [3.8, 4) is 5.75 Å². The molecule has 2 aromatic carbocycles. The quantitative estimate of drug-likeness (QED) is 0.216. The molecule has 4 nitrogen and oxygen atoms in total. The minimum Gasteiger partial charge on any atom is -0.429 e. The van der Waals surface area contributed by atoms with E-state index in [1.807, 2.05) is 6.92 Å². The third-order valence-corrected chi connectivity index (χ3v) is 5.55. The molecule has 0 aliphatic carbocycles. The average Bonchev–Trinajstić information content (AvgIpc) is 2.77. The van der Waals surface area contributed by atoms with Crippen LogP contribution >= 0.6 is 0 Å². The van der Waals surface area contributed by atoms with Crippen molar-refractivity contribution in [1.82, 2.24) is 0 Å². The fourth-order valence-corrected chi connectivity index (χ4v) is 3.79. The molecule has 212 valence electrons. The van der Waals surface area contributed by atoms with Crippen LogP contribution in [0.5, 0.6) is 5.75 Å². The Morgan fingerprint density at radius 1 is 0.816 bits per heavy atom. The first-order valence-corrected chi connectivity index (χ1v) is 11.4. The van der Waals surface area contributed by atoms with Gasteiger partial charge in [0.2, 0.25) is 0 Å². The molecule has 0 spiro atoms. The van der Waals surface area contributed by atoms with Crippen LogP contribution in [-0.2, 0) is 26.4 Å². The molecule has 0 radical (unpaired) electrons. The second-order valence-electron chi connectivity index (χ2n) is 8.55. The number of benzene rings is 2. The zero-order valence-electron chi connectivity index (χ0n) is 19.7. The summed E-state index contributed by atoms with van der Waals surface area (Å²) in [5.74, 6) is -6.80. The third-order valence-electron chi connectivity index (χ3n) is 5.55. The van der Waals surface area contributed by atoms with Crippen molar-refractivity contribution in [3.05, 3.63) is 64.5 Å². The van der Waals surface area contributed by atoms with E-state index in [0.717, 1.165) is 25.7 Å². The fraction of sp³-hybridized carbons (Fsp3) is 0.500. The van der Waals surface area contributed by atoms with Gasteiger partial charge in [0.1, 0.15) is 28.8 Å². The number of hydrogen-bond acceptors (Lipinski definition) is 4. The highest BCUT2D eigenvalue weighted by Gasteiger charge is 2.48. The first kappa shape index (κ1) is 30.0. The molecule has 0 aromatic heterocycles. The van der Waals surface area contributed by atoms with E-state index in [9.17, 15) is 43.9 Å². The predicted molar refractivity (Wildman–Crippen MR) is 111 cm³/mol. The lowest BCUT2D eigenvalue weighted by Crippen LogP contribution is -2.29. The molecule has 2 aromatic rings. The molecular weight excluding hydrogens is 542 g/mol. The van der Waals surface area contributed by atoms with Gasteiger partial charge in [0.05, 0.1) is 18.8 Å². The van der Waals surface area contributed by atoms with E-state index in [0.29, 0.717) is 12.1 Å². The molecule has 38 heavy (non-hydrogen) atoms. The van der Waals surface area contributed by atoms with E-state index in [2.05, 4.69) is 9.47 Å². The maximum Gasteiger partial charge on any atom is 0.527 e. The number of rotatable bonds is 10. The van der Waals surface area contributed by atoms with E-state index >= 15 is 0 Å². The van der Waals surface area contributed by atoms with Crippen LogP contribution in [0.1, 0.15) is 55.6 Å². The summed E-state index contributed by atoms with van der Waals surface area (Å²) in [6.07, 6.45) is -13.2. The SMILES string of the molecule is CCCCCC1COC(c2cc(F)c(C(F)(F)Oc3ccc(C(F)(F)OC(F)(F)F)c(F)c3)c(F)c2)OC1.